The van der Waals surface area contributed by atoms with E-state index in [2.05, 4.69) is 9.97 Å². The second-order valence-electron chi connectivity index (χ2n) is 13.3. The first-order valence-corrected chi connectivity index (χ1v) is 18.7. The minimum absolute atomic E-state index is 0.0130. The van der Waals surface area contributed by atoms with Crippen LogP contribution in [0.15, 0.2) is 65.7 Å². The third-order valence-electron chi connectivity index (χ3n) is 9.60. The fraction of sp³-hybridized carbons (Fsp3) is 0.450. The maximum Gasteiger partial charge on any atom is 0.418 e. The summed E-state index contributed by atoms with van der Waals surface area (Å²) in [5, 5.41) is 0.593. The topological polar surface area (TPSA) is 122 Å². The molecule has 3 aromatic heterocycles. The molecule has 0 radical (unpaired) electrons. The molecule has 0 aliphatic carbocycles. The highest BCUT2D eigenvalue weighted by Gasteiger charge is 2.36. The molecule has 1 aliphatic heterocycles. The number of fused-ring (bicyclic) bond motifs is 3. The first-order chi connectivity index (χ1) is 27.1. The monoisotopic (exact) mass is 780 g/mol. The molecule has 1 fully saturated rings. The number of rotatable bonds is 18. The van der Waals surface area contributed by atoms with Crippen LogP contribution in [0.3, 0.4) is 0 Å². The minimum Gasteiger partial charge on any atom is -0.481 e. The molecule has 300 valence electrons. The van der Waals surface area contributed by atoms with Gasteiger partial charge in [0.05, 0.1) is 93.8 Å². The number of methoxy groups -OCH3 is 1. The zero-order chi connectivity index (χ0) is 39.7. The second-order valence-corrected chi connectivity index (χ2v) is 13.3. The van der Waals surface area contributed by atoms with Crippen molar-refractivity contribution in [1.82, 2.24) is 24.0 Å². The summed E-state index contributed by atoms with van der Waals surface area (Å²) in [4.78, 5) is 38.7. The fourth-order valence-corrected chi connectivity index (χ4v) is 6.67. The maximum atomic E-state index is 14.8. The van der Waals surface area contributed by atoms with Gasteiger partial charge in [-0.25, -0.2) is 9.78 Å². The van der Waals surface area contributed by atoms with E-state index in [4.69, 9.17) is 23.7 Å². The molecule has 13 nitrogen and oxygen atoms in total. The predicted molar refractivity (Wildman–Crippen MR) is 206 cm³/mol. The van der Waals surface area contributed by atoms with E-state index >= 15 is 0 Å². The fourth-order valence-electron chi connectivity index (χ4n) is 6.67. The number of aryl methyl sites for hydroxylation is 1. The Kier molecular flexibility index (Phi) is 13.6. The number of anilines is 1. The molecule has 0 saturated carbocycles. The van der Waals surface area contributed by atoms with Gasteiger partial charge in [-0.3, -0.25) is 18.9 Å². The largest absolute Gasteiger partial charge is 0.481 e. The summed E-state index contributed by atoms with van der Waals surface area (Å²) >= 11 is 0. The molecule has 6 rings (SSSR count). The predicted octanol–water partition coefficient (Wildman–Crippen LogP) is 5.48. The third-order valence-corrected chi connectivity index (χ3v) is 9.60. The van der Waals surface area contributed by atoms with Crippen LogP contribution in [0.5, 0.6) is 5.88 Å². The summed E-state index contributed by atoms with van der Waals surface area (Å²) in [6, 6.07) is 13.1. The van der Waals surface area contributed by atoms with Crippen molar-refractivity contribution >= 4 is 33.5 Å². The van der Waals surface area contributed by atoms with Crippen molar-refractivity contribution in [2.75, 3.05) is 91.0 Å². The highest BCUT2D eigenvalue weighted by Crippen LogP contribution is 2.39. The van der Waals surface area contributed by atoms with Gasteiger partial charge >= 0.3 is 11.9 Å². The average molecular weight is 781 g/mol. The van der Waals surface area contributed by atoms with Gasteiger partial charge in [-0.05, 0) is 48.4 Å². The zero-order valence-corrected chi connectivity index (χ0v) is 31.8. The maximum absolute atomic E-state index is 14.8. The van der Waals surface area contributed by atoms with Gasteiger partial charge in [0.25, 0.3) is 0 Å². The Morgan fingerprint density at radius 1 is 0.786 bits per heavy atom. The molecule has 1 saturated heterocycles. The number of carbonyl (C=O) groups is 1. The van der Waals surface area contributed by atoms with Gasteiger partial charge in [-0.1, -0.05) is 13.0 Å². The van der Waals surface area contributed by atoms with Crippen LogP contribution in [-0.4, -0.2) is 116 Å². The summed E-state index contributed by atoms with van der Waals surface area (Å²) in [6.07, 6.45) is -0.379. The standard InChI is InChI=1S/C40H47F3N6O7/c1-4-16-53-18-20-55-22-23-56-21-19-54-17-11-37(50)48-14-12-47(13-15-48)34-9-7-30(25-32(34)40(41,42)43)49-38-31-24-28(29-6-10-36(52-3)45-26-29)5-8-33(31)44-27-35(38)46(2)39(49)51/h5-10,24-27H,4,11-23H2,1-3H3. The molecular weight excluding hydrogens is 733 g/mol. The number of aromatic nitrogens is 4. The summed E-state index contributed by atoms with van der Waals surface area (Å²) in [7, 11) is 3.09. The van der Waals surface area contributed by atoms with Crippen LogP contribution in [-0.2, 0) is 37.0 Å². The van der Waals surface area contributed by atoms with Crippen LogP contribution in [0, 0.1) is 0 Å². The number of carbonyl (C=O) groups excluding carboxylic acids is 1. The molecule has 5 aromatic rings. The lowest BCUT2D eigenvalue weighted by Crippen LogP contribution is -2.49. The number of imidazole rings is 1. The van der Waals surface area contributed by atoms with Gasteiger partial charge in [-0.2, -0.15) is 13.2 Å². The molecule has 4 heterocycles. The van der Waals surface area contributed by atoms with Gasteiger partial charge in [0.15, 0.2) is 0 Å². The van der Waals surface area contributed by atoms with Crippen LogP contribution in [0.4, 0.5) is 18.9 Å². The van der Waals surface area contributed by atoms with Crippen LogP contribution in [0.25, 0.3) is 38.8 Å². The third kappa shape index (κ3) is 9.49. The van der Waals surface area contributed by atoms with E-state index < -0.39 is 17.4 Å². The molecule has 56 heavy (non-hydrogen) atoms. The van der Waals surface area contributed by atoms with E-state index in [1.54, 1.807) is 41.4 Å². The summed E-state index contributed by atoms with van der Waals surface area (Å²) in [5.41, 5.74) is 1.73. The minimum atomic E-state index is -4.72. The molecule has 1 amide bonds. The van der Waals surface area contributed by atoms with Gasteiger partial charge in [-0.15, -0.1) is 0 Å². The Hall–Kier alpha value is -5.03. The highest BCUT2D eigenvalue weighted by atomic mass is 19.4. The van der Waals surface area contributed by atoms with E-state index in [1.165, 1.54) is 28.4 Å². The number of amides is 1. The number of halogens is 3. The average Bonchev–Trinajstić information content (AvgIpc) is 3.47. The van der Waals surface area contributed by atoms with Crippen molar-refractivity contribution in [3.8, 4) is 22.7 Å². The Bertz CT molecular complexity index is 2150. The zero-order valence-electron chi connectivity index (χ0n) is 31.8. The highest BCUT2D eigenvalue weighted by molar-refractivity contribution is 6.04. The van der Waals surface area contributed by atoms with Crippen molar-refractivity contribution in [3.63, 3.8) is 0 Å². The number of nitrogens with zero attached hydrogens (tertiary/aromatic N) is 6. The van der Waals surface area contributed by atoms with Crippen molar-refractivity contribution in [2.24, 2.45) is 7.05 Å². The van der Waals surface area contributed by atoms with Crippen molar-refractivity contribution in [1.29, 1.82) is 0 Å². The number of benzene rings is 2. The van der Waals surface area contributed by atoms with Crippen LogP contribution < -0.4 is 15.3 Å². The van der Waals surface area contributed by atoms with E-state index in [-0.39, 0.29) is 56.5 Å². The number of alkyl halides is 3. The first kappa shape index (κ1) is 40.6. The first-order valence-electron chi connectivity index (χ1n) is 18.7. The van der Waals surface area contributed by atoms with Crippen molar-refractivity contribution in [3.05, 3.63) is 77.0 Å². The lowest BCUT2D eigenvalue weighted by Gasteiger charge is -2.37. The summed E-state index contributed by atoms with van der Waals surface area (Å²) in [5.74, 6) is 0.329. The molecule has 2 aromatic carbocycles. The summed E-state index contributed by atoms with van der Waals surface area (Å²) in [6.45, 7) is 6.59. The van der Waals surface area contributed by atoms with E-state index in [9.17, 15) is 22.8 Å². The van der Waals surface area contributed by atoms with Crippen molar-refractivity contribution in [2.45, 2.75) is 25.9 Å². The number of hydrogen-bond acceptors (Lipinski definition) is 10. The van der Waals surface area contributed by atoms with Gasteiger partial charge < -0.3 is 33.5 Å². The van der Waals surface area contributed by atoms with E-state index in [1.807, 2.05) is 25.1 Å². The lowest BCUT2D eigenvalue weighted by atomic mass is 10.0. The molecule has 0 N–H and O–H groups in total. The van der Waals surface area contributed by atoms with Crippen LogP contribution >= 0.6 is 0 Å². The lowest BCUT2D eigenvalue weighted by molar-refractivity contribution is -0.137. The molecule has 0 unspecified atom stereocenters. The smallest absolute Gasteiger partial charge is 0.418 e. The van der Waals surface area contributed by atoms with Crippen LogP contribution in [0.1, 0.15) is 25.3 Å². The number of pyridine rings is 2. The second kappa shape index (κ2) is 18.7. The molecule has 1 aliphatic rings. The van der Waals surface area contributed by atoms with E-state index in [0.717, 1.165) is 30.2 Å². The Labute approximate surface area is 322 Å². The Morgan fingerprint density at radius 2 is 1.45 bits per heavy atom. The van der Waals surface area contributed by atoms with Gasteiger partial charge in [0, 0.05) is 68.7 Å². The van der Waals surface area contributed by atoms with Crippen molar-refractivity contribution < 1.29 is 41.7 Å². The summed E-state index contributed by atoms with van der Waals surface area (Å²) < 4.78 is 74.0. The number of hydrogen-bond donors (Lipinski definition) is 0. The quantitative estimate of drug-likeness (QED) is 0.106. The number of ether oxygens (including phenoxy) is 5. The normalized spacial score (nSPS) is 13.6. The number of piperazine rings is 1. The van der Waals surface area contributed by atoms with Gasteiger partial charge in [0.2, 0.25) is 11.8 Å². The van der Waals surface area contributed by atoms with Crippen LogP contribution in [0.2, 0.25) is 0 Å². The van der Waals surface area contributed by atoms with Gasteiger partial charge in [0.1, 0.15) is 0 Å². The molecular formula is C40H47F3N6O7. The molecule has 0 atom stereocenters. The SMILES string of the molecule is CCCOCCOCCOCCOCCC(=O)N1CCN(c2ccc(-n3c(=O)n(C)c4cnc5ccc(-c6ccc(OC)nc6)cc5c43)cc2C(F)(F)F)CC1. The molecule has 0 spiro atoms. The Balaban J connectivity index is 1.11. The molecule has 16 heteroatoms. The Morgan fingerprint density at radius 3 is 2.07 bits per heavy atom. The molecule has 0 bridgehead atoms. The van der Waals surface area contributed by atoms with E-state index in [0.29, 0.717) is 67.5 Å².